The minimum Gasteiger partial charge on any atom is -0.478 e. The Morgan fingerprint density at radius 2 is 2.00 bits per heavy atom. The zero-order chi connectivity index (χ0) is 9.07. The summed E-state index contributed by atoms with van der Waals surface area (Å²) in [5.41, 5.74) is -1.48. The maximum Gasteiger partial charge on any atom is 0.347 e. The molecular formula is C7H10O4. The van der Waals surface area contributed by atoms with E-state index in [9.17, 15) is 9.59 Å². The number of hydrogen-bond acceptors (Lipinski definition) is 3. The summed E-state index contributed by atoms with van der Waals surface area (Å²) in [7, 11) is 0. The van der Waals surface area contributed by atoms with E-state index in [0.29, 0.717) is 0 Å². The number of carboxylic acid groups (broad SMARTS) is 1. The van der Waals surface area contributed by atoms with Gasteiger partial charge in [-0.25, -0.2) is 9.59 Å². The Hall–Kier alpha value is -1.32. The largest absolute Gasteiger partial charge is 0.478 e. The molecule has 0 fully saturated rings. The van der Waals surface area contributed by atoms with Crippen LogP contribution in [0.15, 0.2) is 12.7 Å². The monoisotopic (exact) mass is 158 g/mol. The first-order chi connectivity index (χ1) is 4.90. The van der Waals surface area contributed by atoms with E-state index in [4.69, 9.17) is 5.11 Å². The van der Waals surface area contributed by atoms with Crippen LogP contribution in [0.3, 0.4) is 0 Å². The highest BCUT2D eigenvalue weighted by molar-refractivity contribution is 5.86. The van der Waals surface area contributed by atoms with Crippen LogP contribution in [-0.2, 0) is 14.3 Å². The molecule has 4 nitrogen and oxygen atoms in total. The molecule has 0 saturated heterocycles. The van der Waals surface area contributed by atoms with Gasteiger partial charge in [0.2, 0.25) is 5.60 Å². The molecule has 0 radical (unpaired) electrons. The smallest absolute Gasteiger partial charge is 0.347 e. The molecule has 0 aliphatic heterocycles. The Kier molecular flexibility index (Phi) is 2.80. The fraction of sp³-hybridized carbons (Fsp3) is 0.429. The van der Waals surface area contributed by atoms with Crippen LogP contribution < -0.4 is 0 Å². The van der Waals surface area contributed by atoms with Crippen LogP contribution in [0.2, 0.25) is 0 Å². The molecule has 62 valence electrons. The maximum atomic E-state index is 10.5. The summed E-state index contributed by atoms with van der Waals surface area (Å²) in [6, 6.07) is 0. The van der Waals surface area contributed by atoms with E-state index < -0.39 is 17.5 Å². The minimum atomic E-state index is -1.48. The molecule has 0 amide bonds. The van der Waals surface area contributed by atoms with Crippen molar-refractivity contribution in [2.45, 2.75) is 19.4 Å². The van der Waals surface area contributed by atoms with E-state index in [1.54, 1.807) is 0 Å². The van der Waals surface area contributed by atoms with Crippen molar-refractivity contribution in [3.63, 3.8) is 0 Å². The topological polar surface area (TPSA) is 63.6 Å². The molecule has 0 aliphatic rings. The fourth-order valence-corrected chi connectivity index (χ4v) is 0.337. The predicted octanol–water partition coefficient (Wildman–Crippen LogP) is 0.579. The molecule has 0 unspecified atom stereocenters. The first kappa shape index (κ1) is 9.68. The fourth-order valence-electron chi connectivity index (χ4n) is 0.337. The van der Waals surface area contributed by atoms with Crippen molar-refractivity contribution < 1.29 is 19.4 Å². The molecule has 0 aromatic carbocycles. The molecule has 0 atom stereocenters. The summed E-state index contributed by atoms with van der Waals surface area (Å²) in [6.07, 6.45) is 0.921. The van der Waals surface area contributed by atoms with Crippen LogP contribution in [0, 0.1) is 0 Å². The number of esters is 1. The third-order valence-corrected chi connectivity index (χ3v) is 1.04. The van der Waals surface area contributed by atoms with Crippen LogP contribution in [0.25, 0.3) is 0 Å². The number of rotatable bonds is 3. The van der Waals surface area contributed by atoms with Crippen LogP contribution in [0.4, 0.5) is 0 Å². The maximum absolute atomic E-state index is 10.5. The quantitative estimate of drug-likeness (QED) is 0.482. The molecule has 0 aromatic rings. The van der Waals surface area contributed by atoms with Gasteiger partial charge in [0.15, 0.2) is 0 Å². The van der Waals surface area contributed by atoms with Gasteiger partial charge in [-0.05, 0) is 13.8 Å². The average molecular weight is 158 g/mol. The Labute approximate surface area is 64.5 Å². The summed E-state index contributed by atoms with van der Waals surface area (Å²) in [4.78, 5) is 20.9. The molecular weight excluding hydrogens is 148 g/mol. The lowest BCUT2D eigenvalue weighted by molar-refractivity contribution is -0.170. The summed E-state index contributed by atoms with van der Waals surface area (Å²) in [6.45, 7) is 5.71. The SMILES string of the molecule is C=CC(=O)OC(C)(C)C(=O)O. The van der Waals surface area contributed by atoms with Crippen LogP contribution >= 0.6 is 0 Å². The lowest BCUT2D eigenvalue weighted by Crippen LogP contribution is -2.36. The molecule has 0 spiro atoms. The second kappa shape index (κ2) is 3.18. The van der Waals surface area contributed by atoms with Crippen molar-refractivity contribution in [1.29, 1.82) is 0 Å². The number of carboxylic acids is 1. The Morgan fingerprint density at radius 1 is 1.55 bits per heavy atom. The van der Waals surface area contributed by atoms with Crippen molar-refractivity contribution >= 4 is 11.9 Å². The molecule has 11 heavy (non-hydrogen) atoms. The van der Waals surface area contributed by atoms with E-state index in [0.717, 1.165) is 6.08 Å². The predicted molar refractivity (Wildman–Crippen MR) is 38.0 cm³/mol. The highest BCUT2D eigenvalue weighted by atomic mass is 16.6. The van der Waals surface area contributed by atoms with Gasteiger partial charge in [-0.1, -0.05) is 6.58 Å². The van der Waals surface area contributed by atoms with Crippen LogP contribution in [-0.4, -0.2) is 22.6 Å². The van der Waals surface area contributed by atoms with E-state index in [1.165, 1.54) is 13.8 Å². The van der Waals surface area contributed by atoms with Crippen molar-refractivity contribution in [2.24, 2.45) is 0 Å². The summed E-state index contributed by atoms with van der Waals surface area (Å²) in [5.74, 6) is -1.93. The number of hydrogen-bond donors (Lipinski definition) is 1. The zero-order valence-corrected chi connectivity index (χ0v) is 6.46. The molecule has 0 saturated carbocycles. The lowest BCUT2D eigenvalue weighted by Gasteiger charge is -2.18. The summed E-state index contributed by atoms with van der Waals surface area (Å²) >= 11 is 0. The van der Waals surface area contributed by atoms with Crippen molar-refractivity contribution in [3.8, 4) is 0 Å². The number of carbonyl (C=O) groups is 2. The average Bonchev–Trinajstić information content (AvgIpc) is 1.86. The van der Waals surface area contributed by atoms with Gasteiger partial charge in [0.25, 0.3) is 0 Å². The highest BCUT2D eigenvalue weighted by Crippen LogP contribution is 2.08. The van der Waals surface area contributed by atoms with E-state index >= 15 is 0 Å². The zero-order valence-electron chi connectivity index (χ0n) is 6.46. The molecule has 0 bridgehead atoms. The van der Waals surface area contributed by atoms with Gasteiger partial charge in [-0.3, -0.25) is 0 Å². The number of aliphatic carboxylic acids is 1. The van der Waals surface area contributed by atoms with Crippen molar-refractivity contribution in [1.82, 2.24) is 0 Å². The van der Waals surface area contributed by atoms with Crippen molar-refractivity contribution in [3.05, 3.63) is 12.7 Å². The van der Waals surface area contributed by atoms with E-state index in [-0.39, 0.29) is 0 Å². The van der Waals surface area contributed by atoms with Gasteiger partial charge < -0.3 is 9.84 Å². The van der Waals surface area contributed by atoms with E-state index in [2.05, 4.69) is 11.3 Å². The highest BCUT2D eigenvalue weighted by Gasteiger charge is 2.30. The number of ether oxygens (including phenoxy) is 1. The molecule has 0 rings (SSSR count). The second-order valence-electron chi connectivity index (χ2n) is 2.44. The second-order valence-corrected chi connectivity index (χ2v) is 2.44. The Balaban J connectivity index is 4.23. The molecule has 0 aromatic heterocycles. The van der Waals surface area contributed by atoms with Gasteiger partial charge in [0.1, 0.15) is 0 Å². The minimum absolute atomic E-state index is 0.739. The molecule has 0 heterocycles. The third kappa shape index (κ3) is 2.84. The first-order valence-corrected chi connectivity index (χ1v) is 2.99. The first-order valence-electron chi connectivity index (χ1n) is 2.99. The molecule has 0 aliphatic carbocycles. The van der Waals surface area contributed by atoms with Crippen molar-refractivity contribution in [2.75, 3.05) is 0 Å². The lowest BCUT2D eigenvalue weighted by atomic mass is 10.1. The van der Waals surface area contributed by atoms with Gasteiger partial charge in [-0.2, -0.15) is 0 Å². The van der Waals surface area contributed by atoms with Gasteiger partial charge in [-0.15, -0.1) is 0 Å². The molecule has 1 N–H and O–H groups in total. The molecule has 4 heteroatoms. The third-order valence-electron chi connectivity index (χ3n) is 1.04. The Bertz CT molecular complexity index is 193. The van der Waals surface area contributed by atoms with Crippen LogP contribution in [0.5, 0.6) is 0 Å². The standard InChI is InChI=1S/C7H10O4/c1-4-5(8)11-7(2,3)6(9)10/h4H,1H2,2-3H3,(H,9,10). The van der Waals surface area contributed by atoms with E-state index in [1.807, 2.05) is 0 Å². The summed E-state index contributed by atoms with van der Waals surface area (Å²) in [5, 5.41) is 8.47. The van der Waals surface area contributed by atoms with Gasteiger partial charge in [0.05, 0.1) is 0 Å². The van der Waals surface area contributed by atoms with Gasteiger partial charge in [0, 0.05) is 6.08 Å². The normalized spacial score (nSPS) is 10.4. The summed E-state index contributed by atoms with van der Waals surface area (Å²) < 4.78 is 4.49. The Morgan fingerprint density at radius 3 is 2.27 bits per heavy atom. The van der Waals surface area contributed by atoms with Crippen LogP contribution in [0.1, 0.15) is 13.8 Å². The number of carbonyl (C=O) groups excluding carboxylic acids is 1. The van der Waals surface area contributed by atoms with Gasteiger partial charge >= 0.3 is 11.9 Å².